The molecule has 0 atom stereocenters. The lowest BCUT2D eigenvalue weighted by Gasteiger charge is -2.28. The Morgan fingerprint density at radius 3 is 2.62 bits per heavy atom. The molecule has 0 saturated carbocycles. The second-order valence-corrected chi connectivity index (χ2v) is 5.38. The Morgan fingerprint density at radius 2 is 2.12 bits per heavy atom. The smallest absolute Gasteiger partial charge is 0.238 e. The second-order valence-electron chi connectivity index (χ2n) is 3.85. The van der Waals surface area contributed by atoms with Crippen molar-refractivity contribution in [2.75, 3.05) is 18.5 Å². The molecule has 16 heavy (non-hydrogen) atoms. The molecule has 0 aromatic heterocycles. The van der Waals surface area contributed by atoms with Gasteiger partial charge in [-0.25, -0.2) is 13.6 Å². The van der Waals surface area contributed by atoms with Gasteiger partial charge in [-0.05, 0) is 24.6 Å². The van der Waals surface area contributed by atoms with Crippen molar-refractivity contribution in [3.05, 3.63) is 23.8 Å². The number of sulfonamides is 1. The lowest BCUT2D eigenvalue weighted by atomic mass is 10.1. The second kappa shape index (κ2) is 4.04. The maximum atomic E-state index is 11.3. The van der Waals surface area contributed by atoms with Crippen LogP contribution >= 0.6 is 0 Å². The van der Waals surface area contributed by atoms with Gasteiger partial charge in [0.25, 0.3) is 0 Å². The fourth-order valence-electron chi connectivity index (χ4n) is 1.62. The highest BCUT2D eigenvalue weighted by molar-refractivity contribution is 7.89. The number of rotatable bonds is 3. The van der Waals surface area contributed by atoms with E-state index in [1.165, 1.54) is 6.07 Å². The summed E-state index contributed by atoms with van der Waals surface area (Å²) in [5.41, 5.74) is 1.44. The summed E-state index contributed by atoms with van der Waals surface area (Å²) in [7, 11) is -3.65. The quantitative estimate of drug-likeness (QED) is 0.806. The third kappa shape index (κ3) is 2.18. The van der Waals surface area contributed by atoms with Crippen LogP contribution in [-0.4, -0.2) is 27.7 Å². The van der Waals surface area contributed by atoms with E-state index < -0.39 is 10.0 Å². The Balaban J connectivity index is 2.32. The summed E-state index contributed by atoms with van der Waals surface area (Å²) < 4.78 is 27.6. The zero-order valence-electron chi connectivity index (χ0n) is 8.93. The molecule has 0 unspecified atom stereocenters. The first-order valence-electron chi connectivity index (χ1n) is 4.95. The molecule has 0 aliphatic carbocycles. The number of ether oxygens (including phenoxy) is 1. The molecule has 0 radical (unpaired) electrons. The van der Waals surface area contributed by atoms with Crippen LogP contribution in [0.4, 0.5) is 5.69 Å². The molecule has 1 fully saturated rings. The molecule has 1 heterocycles. The maximum Gasteiger partial charge on any atom is 0.238 e. The van der Waals surface area contributed by atoms with Gasteiger partial charge < -0.3 is 10.1 Å². The van der Waals surface area contributed by atoms with Gasteiger partial charge in [0.05, 0.1) is 24.2 Å². The Bertz CT molecular complexity index is 495. The minimum Gasteiger partial charge on any atom is -0.377 e. The third-order valence-corrected chi connectivity index (χ3v) is 3.64. The largest absolute Gasteiger partial charge is 0.377 e. The zero-order valence-corrected chi connectivity index (χ0v) is 9.75. The summed E-state index contributed by atoms with van der Waals surface area (Å²) in [4.78, 5) is 0.165. The van der Waals surface area contributed by atoms with Crippen LogP contribution in [0.5, 0.6) is 0 Å². The van der Waals surface area contributed by atoms with Gasteiger partial charge in [0.1, 0.15) is 0 Å². The Labute approximate surface area is 94.6 Å². The van der Waals surface area contributed by atoms with Crippen LogP contribution in [0.3, 0.4) is 0 Å². The normalized spacial score (nSPS) is 16.9. The van der Waals surface area contributed by atoms with Crippen molar-refractivity contribution in [3.63, 3.8) is 0 Å². The van der Waals surface area contributed by atoms with Gasteiger partial charge in [0.2, 0.25) is 10.0 Å². The highest BCUT2D eigenvalue weighted by Gasteiger charge is 2.20. The average Bonchev–Trinajstić information content (AvgIpc) is 2.11. The standard InChI is InChI=1S/C10H14N2O3S/c1-7-9(12-8-5-15-6-8)3-2-4-10(7)16(11,13)14/h2-4,8,12H,5-6H2,1H3,(H2,11,13,14). The van der Waals surface area contributed by atoms with E-state index in [9.17, 15) is 8.42 Å². The first kappa shape index (κ1) is 11.4. The van der Waals surface area contributed by atoms with Gasteiger partial charge in [-0.3, -0.25) is 0 Å². The molecule has 3 N–H and O–H groups in total. The minimum absolute atomic E-state index is 0.165. The van der Waals surface area contributed by atoms with Crippen LogP contribution in [0, 0.1) is 6.92 Å². The number of nitrogens with two attached hydrogens (primary N) is 1. The summed E-state index contributed by atoms with van der Waals surface area (Å²) in [5, 5.41) is 8.34. The van der Waals surface area contributed by atoms with E-state index in [0.29, 0.717) is 18.8 Å². The van der Waals surface area contributed by atoms with Gasteiger partial charge in [0, 0.05) is 5.69 Å². The lowest BCUT2D eigenvalue weighted by molar-refractivity contribution is 0.0211. The summed E-state index contributed by atoms with van der Waals surface area (Å²) in [6.07, 6.45) is 0. The van der Waals surface area contributed by atoms with E-state index in [-0.39, 0.29) is 10.9 Å². The van der Waals surface area contributed by atoms with E-state index in [1.807, 2.05) is 6.07 Å². The summed E-state index contributed by atoms with van der Waals surface area (Å²) >= 11 is 0. The first-order chi connectivity index (χ1) is 7.48. The Morgan fingerprint density at radius 1 is 1.44 bits per heavy atom. The van der Waals surface area contributed by atoms with Crippen molar-refractivity contribution >= 4 is 15.7 Å². The number of hydrogen-bond donors (Lipinski definition) is 2. The van der Waals surface area contributed by atoms with Crippen LogP contribution < -0.4 is 10.5 Å². The molecule has 1 aromatic rings. The molecule has 88 valence electrons. The number of hydrogen-bond acceptors (Lipinski definition) is 4. The fourth-order valence-corrected chi connectivity index (χ4v) is 2.42. The van der Waals surface area contributed by atoms with Gasteiger partial charge in [-0.2, -0.15) is 0 Å². The summed E-state index contributed by atoms with van der Waals surface area (Å²) in [5.74, 6) is 0. The number of nitrogens with one attached hydrogen (secondary N) is 1. The Hall–Kier alpha value is -1.11. The molecular formula is C10H14N2O3S. The molecule has 2 rings (SSSR count). The monoisotopic (exact) mass is 242 g/mol. The third-order valence-electron chi connectivity index (χ3n) is 2.59. The van der Waals surface area contributed by atoms with Gasteiger partial charge >= 0.3 is 0 Å². The van der Waals surface area contributed by atoms with Crippen molar-refractivity contribution in [1.29, 1.82) is 0 Å². The molecule has 0 amide bonds. The Kier molecular flexibility index (Phi) is 2.88. The van der Waals surface area contributed by atoms with E-state index in [2.05, 4.69) is 5.32 Å². The highest BCUT2D eigenvalue weighted by atomic mass is 32.2. The maximum absolute atomic E-state index is 11.3. The molecule has 1 aliphatic rings. The highest BCUT2D eigenvalue weighted by Crippen LogP contribution is 2.23. The molecule has 1 aromatic carbocycles. The summed E-state index contributed by atoms with van der Waals surface area (Å²) in [6.45, 7) is 3.04. The molecular weight excluding hydrogens is 228 g/mol. The van der Waals surface area contributed by atoms with Crippen molar-refractivity contribution < 1.29 is 13.2 Å². The minimum atomic E-state index is -3.65. The SMILES string of the molecule is Cc1c(NC2COC2)cccc1S(N)(=O)=O. The van der Waals surface area contributed by atoms with E-state index in [1.54, 1.807) is 13.0 Å². The van der Waals surface area contributed by atoms with Crippen molar-refractivity contribution in [3.8, 4) is 0 Å². The van der Waals surface area contributed by atoms with E-state index >= 15 is 0 Å². The topological polar surface area (TPSA) is 81.4 Å². The van der Waals surface area contributed by atoms with Gasteiger partial charge in [-0.1, -0.05) is 6.07 Å². The molecule has 5 nitrogen and oxygen atoms in total. The van der Waals surface area contributed by atoms with Crippen LogP contribution in [0.2, 0.25) is 0 Å². The predicted octanol–water partition coefficient (Wildman–Crippen LogP) is 0.453. The molecule has 0 bridgehead atoms. The molecule has 1 saturated heterocycles. The van der Waals surface area contributed by atoms with Crippen LogP contribution in [0.15, 0.2) is 23.1 Å². The lowest BCUT2D eigenvalue weighted by Crippen LogP contribution is -2.40. The first-order valence-corrected chi connectivity index (χ1v) is 6.50. The van der Waals surface area contributed by atoms with Crippen molar-refractivity contribution in [1.82, 2.24) is 0 Å². The molecule has 1 aliphatic heterocycles. The molecule has 0 spiro atoms. The fraction of sp³-hybridized carbons (Fsp3) is 0.400. The predicted molar refractivity (Wildman–Crippen MR) is 60.8 cm³/mol. The number of anilines is 1. The van der Waals surface area contributed by atoms with Crippen molar-refractivity contribution in [2.24, 2.45) is 5.14 Å². The van der Waals surface area contributed by atoms with Gasteiger partial charge in [0.15, 0.2) is 0 Å². The van der Waals surface area contributed by atoms with Crippen LogP contribution in [0.1, 0.15) is 5.56 Å². The number of benzene rings is 1. The molecule has 6 heteroatoms. The van der Waals surface area contributed by atoms with Crippen molar-refractivity contribution in [2.45, 2.75) is 17.9 Å². The zero-order chi connectivity index (χ0) is 11.8. The van der Waals surface area contributed by atoms with Crippen LogP contribution in [-0.2, 0) is 14.8 Å². The average molecular weight is 242 g/mol. The van der Waals surface area contributed by atoms with Crippen LogP contribution in [0.25, 0.3) is 0 Å². The number of primary sulfonamides is 1. The van der Waals surface area contributed by atoms with E-state index in [0.717, 1.165) is 5.69 Å². The van der Waals surface area contributed by atoms with E-state index in [4.69, 9.17) is 9.88 Å². The van der Waals surface area contributed by atoms with Gasteiger partial charge in [-0.15, -0.1) is 0 Å². The summed E-state index contributed by atoms with van der Waals surface area (Å²) in [6, 6.07) is 5.28.